The van der Waals surface area contributed by atoms with Crippen LogP contribution < -0.4 is 5.32 Å². The van der Waals surface area contributed by atoms with Gasteiger partial charge in [0.1, 0.15) is 5.51 Å². The van der Waals surface area contributed by atoms with Crippen LogP contribution in [0.25, 0.3) is 6.08 Å². The minimum Gasteiger partial charge on any atom is -0.297 e. The molecule has 2 rings (SSSR count). The van der Waals surface area contributed by atoms with E-state index < -0.39 is 10.0 Å². The summed E-state index contributed by atoms with van der Waals surface area (Å²) < 4.78 is 26.2. The number of anilines is 1. The van der Waals surface area contributed by atoms with Gasteiger partial charge in [0.15, 0.2) is 0 Å². The van der Waals surface area contributed by atoms with E-state index in [0.29, 0.717) is 18.2 Å². The van der Waals surface area contributed by atoms with Gasteiger partial charge in [-0.2, -0.15) is 4.31 Å². The molecule has 0 spiro atoms. The quantitative estimate of drug-likeness (QED) is 0.759. The molecule has 0 fully saturated rings. The lowest BCUT2D eigenvalue weighted by Gasteiger charge is -2.18. The number of amides is 1. The largest absolute Gasteiger partial charge is 0.297 e. The first-order valence-electron chi connectivity index (χ1n) is 7.32. The second-order valence-corrected chi connectivity index (χ2v) is 7.50. The number of rotatable bonds is 7. The molecule has 0 aliphatic rings. The van der Waals surface area contributed by atoms with Crippen molar-refractivity contribution in [3.8, 4) is 0 Å². The van der Waals surface area contributed by atoms with E-state index in [1.165, 1.54) is 39.4 Å². The molecule has 0 bridgehead atoms. The Labute approximate surface area is 145 Å². The lowest BCUT2D eigenvalue weighted by molar-refractivity contribution is -0.111. The third-order valence-electron chi connectivity index (χ3n) is 3.24. The monoisotopic (exact) mass is 366 g/mol. The van der Waals surface area contributed by atoms with Crippen molar-refractivity contribution in [3.63, 3.8) is 0 Å². The number of nitrogens with one attached hydrogen (secondary N) is 1. The van der Waals surface area contributed by atoms with Crippen LogP contribution in [0.15, 0.2) is 40.7 Å². The molecule has 9 heteroatoms. The Morgan fingerprint density at radius 1 is 1.25 bits per heavy atom. The number of carbonyl (C=O) groups excluding carboxylic acids is 1. The molecular weight excluding hydrogens is 348 g/mol. The first kappa shape index (κ1) is 18.2. The summed E-state index contributed by atoms with van der Waals surface area (Å²) in [6, 6.07) is 6.39. The molecule has 1 aromatic carbocycles. The van der Waals surface area contributed by atoms with E-state index in [0.717, 1.165) is 5.56 Å². The third kappa shape index (κ3) is 4.47. The Balaban J connectivity index is 2.06. The van der Waals surface area contributed by atoms with Crippen LogP contribution in [0.4, 0.5) is 5.13 Å². The number of sulfonamides is 1. The average Bonchev–Trinajstić information content (AvgIpc) is 3.07. The minimum absolute atomic E-state index is 0.238. The second-order valence-electron chi connectivity index (χ2n) is 4.72. The second kappa shape index (κ2) is 8.13. The highest BCUT2D eigenvalue weighted by atomic mass is 32.2. The van der Waals surface area contributed by atoms with Crippen molar-refractivity contribution in [1.29, 1.82) is 0 Å². The van der Waals surface area contributed by atoms with E-state index >= 15 is 0 Å². The highest BCUT2D eigenvalue weighted by Gasteiger charge is 2.20. The maximum absolute atomic E-state index is 12.4. The van der Waals surface area contributed by atoms with Gasteiger partial charge in [-0.1, -0.05) is 37.3 Å². The molecule has 1 amide bonds. The topological polar surface area (TPSA) is 92.3 Å². The smallest absolute Gasteiger partial charge is 0.250 e. The number of hydrogen-bond donors (Lipinski definition) is 1. The number of benzene rings is 1. The summed E-state index contributed by atoms with van der Waals surface area (Å²) in [7, 11) is -3.47. The lowest BCUT2D eigenvalue weighted by atomic mass is 10.2. The fraction of sp³-hybridized carbons (Fsp3) is 0.267. The molecule has 1 N–H and O–H groups in total. The van der Waals surface area contributed by atoms with E-state index in [-0.39, 0.29) is 10.8 Å². The Kier molecular flexibility index (Phi) is 6.18. The fourth-order valence-corrected chi connectivity index (χ4v) is 3.92. The van der Waals surface area contributed by atoms with Crippen LogP contribution in [0.2, 0.25) is 0 Å². The van der Waals surface area contributed by atoms with Crippen LogP contribution in [0.1, 0.15) is 19.4 Å². The summed E-state index contributed by atoms with van der Waals surface area (Å²) in [5.41, 5.74) is 2.25. The predicted octanol–water partition coefficient (Wildman–Crippen LogP) is 2.22. The average molecular weight is 366 g/mol. The van der Waals surface area contributed by atoms with Crippen LogP contribution in [0.3, 0.4) is 0 Å². The maximum Gasteiger partial charge on any atom is 0.250 e. The molecule has 24 heavy (non-hydrogen) atoms. The Bertz CT molecular complexity index is 796. The van der Waals surface area contributed by atoms with E-state index in [1.54, 1.807) is 32.1 Å². The van der Waals surface area contributed by atoms with Gasteiger partial charge in [0.25, 0.3) is 0 Å². The van der Waals surface area contributed by atoms with Gasteiger partial charge in [0, 0.05) is 19.2 Å². The van der Waals surface area contributed by atoms with Crippen molar-refractivity contribution < 1.29 is 13.2 Å². The summed E-state index contributed by atoms with van der Waals surface area (Å²) in [4.78, 5) is 12.0. The normalized spacial score (nSPS) is 12.0. The summed E-state index contributed by atoms with van der Waals surface area (Å²) >= 11 is 1.23. The predicted molar refractivity (Wildman–Crippen MR) is 94.1 cm³/mol. The third-order valence-corrected chi connectivity index (χ3v) is 5.91. The van der Waals surface area contributed by atoms with E-state index in [9.17, 15) is 13.2 Å². The number of carbonyl (C=O) groups is 1. The van der Waals surface area contributed by atoms with Crippen LogP contribution in [0.5, 0.6) is 0 Å². The van der Waals surface area contributed by atoms with Crippen molar-refractivity contribution in [2.75, 3.05) is 18.4 Å². The molecule has 0 unspecified atom stereocenters. The molecule has 1 aromatic heterocycles. The standard InChI is InChI=1S/C15H18N4O3S2/c1-3-19(4-2)24(21,22)13-8-5-12(6-9-13)7-10-14(20)17-15-18-16-11-23-15/h5-11H,3-4H2,1-2H3,(H,17,18,20). The number of nitrogens with zero attached hydrogens (tertiary/aromatic N) is 3. The summed E-state index contributed by atoms with van der Waals surface area (Å²) in [5, 5.41) is 10.3. The zero-order valence-corrected chi connectivity index (χ0v) is 15.0. The molecule has 0 aliphatic carbocycles. The molecule has 0 saturated carbocycles. The first-order valence-corrected chi connectivity index (χ1v) is 9.64. The van der Waals surface area contributed by atoms with Crippen molar-refractivity contribution >= 4 is 38.5 Å². The van der Waals surface area contributed by atoms with Gasteiger partial charge in [-0.3, -0.25) is 10.1 Å². The van der Waals surface area contributed by atoms with Gasteiger partial charge in [-0.05, 0) is 23.8 Å². The van der Waals surface area contributed by atoms with E-state index in [2.05, 4.69) is 15.5 Å². The molecule has 0 atom stereocenters. The summed E-state index contributed by atoms with van der Waals surface area (Å²) in [6.07, 6.45) is 2.96. The Morgan fingerprint density at radius 3 is 2.46 bits per heavy atom. The molecule has 2 aromatic rings. The zero-order valence-electron chi connectivity index (χ0n) is 13.3. The van der Waals surface area contributed by atoms with Crippen LogP contribution >= 0.6 is 11.3 Å². The van der Waals surface area contributed by atoms with Gasteiger partial charge in [0.05, 0.1) is 4.90 Å². The molecule has 0 aliphatic heterocycles. The Morgan fingerprint density at radius 2 is 1.92 bits per heavy atom. The highest BCUT2D eigenvalue weighted by molar-refractivity contribution is 7.89. The molecular formula is C15H18N4O3S2. The van der Waals surface area contributed by atoms with Crippen molar-refractivity contribution in [2.45, 2.75) is 18.7 Å². The summed E-state index contributed by atoms with van der Waals surface area (Å²) in [5.74, 6) is -0.327. The van der Waals surface area contributed by atoms with Crippen LogP contribution in [-0.2, 0) is 14.8 Å². The van der Waals surface area contributed by atoms with Gasteiger partial charge >= 0.3 is 0 Å². The number of hydrogen-bond acceptors (Lipinski definition) is 6. The first-order chi connectivity index (χ1) is 11.5. The van der Waals surface area contributed by atoms with Gasteiger partial charge in [-0.25, -0.2) is 8.42 Å². The van der Waals surface area contributed by atoms with Crippen molar-refractivity contribution in [3.05, 3.63) is 41.4 Å². The van der Waals surface area contributed by atoms with E-state index in [1.807, 2.05) is 0 Å². The molecule has 0 saturated heterocycles. The van der Waals surface area contributed by atoms with Crippen LogP contribution in [-0.4, -0.2) is 41.9 Å². The maximum atomic E-state index is 12.4. The fourth-order valence-electron chi connectivity index (χ4n) is 2.01. The molecule has 128 valence electrons. The summed E-state index contributed by atoms with van der Waals surface area (Å²) in [6.45, 7) is 4.45. The van der Waals surface area contributed by atoms with Gasteiger partial charge in [0.2, 0.25) is 21.1 Å². The van der Waals surface area contributed by atoms with Gasteiger partial charge < -0.3 is 0 Å². The van der Waals surface area contributed by atoms with E-state index in [4.69, 9.17) is 0 Å². The highest BCUT2D eigenvalue weighted by Crippen LogP contribution is 2.17. The SMILES string of the molecule is CCN(CC)S(=O)(=O)c1ccc(C=CC(=O)Nc2nncs2)cc1. The molecule has 7 nitrogen and oxygen atoms in total. The molecule has 1 heterocycles. The van der Waals surface area contributed by atoms with Crippen molar-refractivity contribution in [1.82, 2.24) is 14.5 Å². The zero-order chi connectivity index (χ0) is 17.6. The van der Waals surface area contributed by atoms with Gasteiger partial charge in [-0.15, -0.1) is 10.2 Å². The number of aromatic nitrogens is 2. The molecule has 0 radical (unpaired) electrons. The Hall–Kier alpha value is -2.10. The van der Waals surface area contributed by atoms with Crippen LogP contribution in [0, 0.1) is 0 Å². The lowest BCUT2D eigenvalue weighted by Crippen LogP contribution is -2.30. The minimum atomic E-state index is -3.47. The van der Waals surface area contributed by atoms with Crippen molar-refractivity contribution in [2.24, 2.45) is 0 Å².